The molecule has 5 heteroatoms. The third-order valence-corrected chi connectivity index (χ3v) is 4.50. The number of hydrogen-bond donors (Lipinski definition) is 1. The first-order chi connectivity index (χ1) is 7.86. The number of nitrogens with one attached hydrogen (secondary N) is 1. The van der Waals surface area contributed by atoms with Crippen LogP contribution in [-0.4, -0.2) is 19.0 Å². The molecule has 0 fully saturated rings. The molecule has 1 aliphatic heterocycles. The van der Waals surface area contributed by atoms with E-state index in [1.807, 2.05) is 13.8 Å². The molecule has 1 heterocycles. The van der Waals surface area contributed by atoms with Crippen LogP contribution in [0.1, 0.15) is 13.8 Å². The third-order valence-electron chi connectivity index (χ3n) is 2.76. The van der Waals surface area contributed by atoms with Crippen molar-refractivity contribution in [3.63, 3.8) is 0 Å². The lowest BCUT2D eigenvalue weighted by Crippen LogP contribution is -2.33. The molecule has 1 aromatic rings. The number of sulfone groups is 1. The predicted octanol–water partition coefficient (Wildman–Crippen LogP) is 1.71. The highest BCUT2D eigenvalue weighted by Crippen LogP contribution is 2.27. The topological polar surface area (TPSA) is 58.5 Å². The van der Waals surface area contributed by atoms with E-state index in [0.29, 0.717) is 5.57 Å². The van der Waals surface area contributed by atoms with Crippen molar-refractivity contribution in [2.45, 2.75) is 24.3 Å². The van der Waals surface area contributed by atoms with Gasteiger partial charge in [0.25, 0.3) is 0 Å². The second-order valence-electron chi connectivity index (χ2n) is 4.45. The van der Waals surface area contributed by atoms with Gasteiger partial charge in [0.05, 0.1) is 10.4 Å². The summed E-state index contributed by atoms with van der Waals surface area (Å²) in [5.74, 6) is 0. The molecule has 0 unspecified atom stereocenters. The summed E-state index contributed by atoms with van der Waals surface area (Å²) >= 11 is 0. The minimum Gasteiger partial charge on any atom is -0.299 e. The average Bonchev–Trinajstić information content (AvgIpc) is 2.56. The van der Waals surface area contributed by atoms with Gasteiger partial charge in [-0.3, -0.25) is 5.43 Å². The normalized spacial score (nSPS) is 18.7. The number of rotatable bonds is 1. The Balaban J connectivity index is 2.47. The molecule has 1 aromatic carbocycles. The van der Waals surface area contributed by atoms with Crippen LogP contribution in [0.4, 0.5) is 0 Å². The maximum atomic E-state index is 12.3. The van der Waals surface area contributed by atoms with E-state index in [4.69, 9.17) is 0 Å². The molecule has 2 rings (SSSR count). The molecule has 1 N–H and O–H groups in total. The van der Waals surface area contributed by atoms with Gasteiger partial charge in [0, 0.05) is 5.57 Å². The lowest BCUT2D eigenvalue weighted by atomic mass is 9.99. The Bertz CT molecular complexity index is 586. The summed E-state index contributed by atoms with van der Waals surface area (Å²) in [4.78, 5) is 0.236. The van der Waals surface area contributed by atoms with Gasteiger partial charge in [-0.1, -0.05) is 24.8 Å². The van der Waals surface area contributed by atoms with Gasteiger partial charge >= 0.3 is 0 Å². The van der Waals surface area contributed by atoms with Crippen LogP contribution in [0.5, 0.6) is 0 Å². The molecule has 90 valence electrons. The standard InChI is InChI=1S/C12H14N2O2S/c1-9-11(13-14-12(9,2)3)17(15,16)10-7-5-4-6-8-10/h4-8,14H,1H2,2-3H3. The molecule has 17 heavy (non-hydrogen) atoms. The minimum atomic E-state index is -3.57. The molecule has 0 aromatic heterocycles. The summed E-state index contributed by atoms with van der Waals surface area (Å²) in [7, 11) is -3.57. The fourth-order valence-corrected chi connectivity index (χ4v) is 3.01. The third kappa shape index (κ3) is 1.86. The molecule has 0 atom stereocenters. The SMILES string of the molecule is C=C1C(S(=O)(=O)c2ccccc2)=NNC1(C)C. The predicted molar refractivity (Wildman–Crippen MR) is 67.4 cm³/mol. The molecular formula is C12H14N2O2S. The Hall–Kier alpha value is -1.62. The molecule has 1 aliphatic rings. The summed E-state index contributed by atoms with van der Waals surface area (Å²) in [6.45, 7) is 7.49. The van der Waals surface area contributed by atoms with Crippen molar-refractivity contribution in [2.24, 2.45) is 5.10 Å². The molecule has 0 radical (unpaired) electrons. The summed E-state index contributed by atoms with van der Waals surface area (Å²) in [5.41, 5.74) is 2.75. The molecule has 0 bridgehead atoms. The molecule has 0 spiro atoms. The maximum absolute atomic E-state index is 12.3. The highest BCUT2D eigenvalue weighted by Gasteiger charge is 2.38. The average molecular weight is 250 g/mol. The van der Waals surface area contributed by atoms with Gasteiger partial charge in [-0.2, -0.15) is 5.10 Å². The van der Waals surface area contributed by atoms with Crippen LogP contribution < -0.4 is 5.43 Å². The van der Waals surface area contributed by atoms with Gasteiger partial charge in [-0.05, 0) is 26.0 Å². The number of hydrazone groups is 1. The smallest absolute Gasteiger partial charge is 0.225 e. The number of benzene rings is 1. The van der Waals surface area contributed by atoms with E-state index in [2.05, 4.69) is 17.1 Å². The molecule has 4 nitrogen and oxygen atoms in total. The van der Waals surface area contributed by atoms with Gasteiger partial charge in [0.15, 0.2) is 5.04 Å². The van der Waals surface area contributed by atoms with E-state index in [0.717, 1.165) is 0 Å². The second-order valence-corrected chi connectivity index (χ2v) is 6.31. The quantitative estimate of drug-likeness (QED) is 0.825. The van der Waals surface area contributed by atoms with Gasteiger partial charge in [0.2, 0.25) is 9.84 Å². The van der Waals surface area contributed by atoms with E-state index in [-0.39, 0.29) is 9.94 Å². The van der Waals surface area contributed by atoms with Gasteiger partial charge in [-0.15, -0.1) is 0 Å². The monoisotopic (exact) mass is 250 g/mol. The second kappa shape index (κ2) is 3.70. The lowest BCUT2D eigenvalue weighted by Gasteiger charge is -2.18. The zero-order valence-corrected chi connectivity index (χ0v) is 10.6. The Morgan fingerprint density at radius 2 is 1.82 bits per heavy atom. The first kappa shape index (κ1) is 11.9. The largest absolute Gasteiger partial charge is 0.299 e. The van der Waals surface area contributed by atoms with E-state index in [1.54, 1.807) is 30.3 Å². The van der Waals surface area contributed by atoms with Crippen LogP contribution in [0, 0.1) is 0 Å². The van der Waals surface area contributed by atoms with E-state index in [1.165, 1.54) is 0 Å². The van der Waals surface area contributed by atoms with E-state index >= 15 is 0 Å². The van der Waals surface area contributed by atoms with Crippen molar-refractivity contribution in [3.8, 4) is 0 Å². The lowest BCUT2D eigenvalue weighted by molar-refractivity contribution is 0.507. The zero-order chi connectivity index (χ0) is 12.7. The van der Waals surface area contributed by atoms with Crippen LogP contribution in [0.3, 0.4) is 0 Å². The van der Waals surface area contributed by atoms with Crippen molar-refractivity contribution in [1.82, 2.24) is 5.43 Å². The van der Waals surface area contributed by atoms with Crippen molar-refractivity contribution < 1.29 is 8.42 Å². The first-order valence-electron chi connectivity index (χ1n) is 5.20. The molecule has 0 saturated carbocycles. The van der Waals surface area contributed by atoms with Gasteiger partial charge in [-0.25, -0.2) is 8.42 Å². The highest BCUT2D eigenvalue weighted by atomic mass is 32.2. The van der Waals surface area contributed by atoms with Crippen LogP contribution >= 0.6 is 0 Å². The summed E-state index contributed by atoms with van der Waals surface area (Å²) in [6.07, 6.45) is 0. The fourth-order valence-electron chi connectivity index (χ4n) is 1.53. The van der Waals surface area contributed by atoms with Crippen molar-refractivity contribution in [3.05, 3.63) is 42.5 Å². The van der Waals surface area contributed by atoms with Crippen molar-refractivity contribution in [1.29, 1.82) is 0 Å². The Morgan fingerprint density at radius 3 is 2.29 bits per heavy atom. The van der Waals surface area contributed by atoms with Gasteiger partial charge < -0.3 is 0 Å². The van der Waals surface area contributed by atoms with E-state index in [9.17, 15) is 8.42 Å². The minimum absolute atomic E-state index is 0.0219. The maximum Gasteiger partial charge on any atom is 0.225 e. The van der Waals surface area contributed by atoms with Crippen molar-refractivity contribution >= 4 is 14.9 Å². The summed E-state index contributed by atoms with van der Waals surface area (Å²) in [5, 5.41) is 3.92. The van der Waals surface area contributed by atoms with Crippen LogP contribution in [-0.2, 0) is 9.84 Å². The first-order valence-corrected chi connectivity index (χ1v) is 6.69. The van der Waals surface area contributed by atoms with Crippen LogP contribution in [0.15, 0.2) is 52.5 Å². The molecule has 0 aliphatic carbocycles. The number of nitrogens with zero attached hydrogens (tertiary/aromatic N) is 1. The van der Waals surface area contributed by atoms with Gasteiger partial charge in [0.1, 0.15) is 0 Å². The number of hydrogen-bond acceptors (Lipinski definition) is 4. The molecular weight excluding hydrogens is 236 g/mol. The zero-order valence-electron chi connectivity index (χ0n) is 9.77. The summed E-state index contributed by atoms with van der Waals surface area (Å²) in [6, 6.07) is 8.24. The van der Waals surface area contributed by atoms with Crippen LogP contribution in [0.2, 0.25) is 0 Å². The Kier molecular flexibility index (Phi) is 2.58. The highest BCUT2D eigenvalue weighted by molar-refractivity contribution is 8.07. The van der Waals surface area contributed by atoms with Crippen LogP contribution in [0.25, 0.3) is 0 Å². The summed E-state index contributed by atoms with van der Waals surface area (Å²) < 4.78 is 24.6. The van der Waals surface area contributed by atoms with E-state index < -0.39 is 15.4 Å². The van der Waals surface area contributed by atoms with Crippen molar-refractivity contribution in [2.75, 3.05) is 0 Å². The molecule has 0 saturated heterocycles. The Morgan fingerprint density at radius 1 is 1.24 bits per heavy atom. The Labute approximate surface area is 101 Å². The molecule has 0 amide bonds. The fraction of sp³-hybridized carbons (Fsp3) is 0.250.